The van der Waals surface area contributed by atoms with Crippen molar-refractivity contribution in [3.05, 3.63) is 0 Å². The fourth-order valence-corrected chi connectivity index (χ4v) is 0. The average Bonchev–Trinajstić information content (AvgIpc) is 0.811. The molecule has 0 radical (unpaired) electrons. The molecule has 0 unspecified atom stereocenters. The molecule has 56 valence electrons. The van der Waals surface area contributed by atoms with E-state index in [1.54, 1.807) is 0 Å². The lowest BCUT2D eigenvalue weighted by Gasteiger charge is -1.69. The van der Waals surface area contributed by atoms with E-state index in [-0.39, 0.29) is 23.9 Å². The van der Waals surface area contributed by atoms with Crippen molar-refractivity contribution in [1.82, 2.24) is 18.5 Å². The molecule has 8 heteroatoms. The third-order valence-electron chi connectivity index (χ3n) is 0. The van der Waals surface area contributed by atoms with E-state index in [0.717, 1.165) is 0 Å². The van der Waals surface area contributed by atoms with Gasteiger partial charge in [0.15, 0.2) is 0 Å². The van der Waals surface area contributed by atoms with Gasteiger partial charge in [0, 0.05) is 0 Å². The molecule has 0 fully saturated rings. The predicted molar refractivity (Wildman–Crippen MR) is 31.1 cm³/mol. The molecule has 14 N–H and O–H groups in total. The molecule has 0 spiro atoms. The fourth-order valence-electron chi connectivity index (χ4n) is 0. The molecule has 0 aromatic carbocycles. The summed E-state index contributed by atoms with van der Waals surface area (Å²) < 4.78 is 0. The van der Waals surface area contributed by atoms with Gasteiger partial charge in [0.2, 0.25) is 0 Å². The van der Waals surface area contributed by atoms with Gasteiger partial charge in [0.05, 0.1) is 0 Å². The van der Waals surface area contributed by atoms with Gasteiger partial charge in [-0.3, -0.25) is 0 Å². The summed E-state index contributed by atoms with van der Waals surface area (Å²) in [5, 5.41) is 21.5. The topological polar surface area (TPSA) is 197 Å². The Hall–Kier alpha value is -0.215. The Labute approximate surface area is 47.6 Å². The zero-order chi connectivity index (χ0) is 3.58. The quantitative estimate of drug-likeness (QED) is 0.198. The summed E-state index contributed by atoms with van der Waals surface area (Å²) in [7, 11) is -2.17. The van der Waals surface area contributed by atoms with E-state index in [4.69, 9.17) is 15.1 Å². The average molecular weight is 131 g/mol. The second kappa shape index (κ2) is 29.3. The summed E-state index contributed by atoms with van der Waals surface area (Å²) in [4.78, 5) is 0. The van der Waals surface area contributed by atoms with Gasteiger partial charge in [-0.2, -0.15) is 0 Å². The largest absolute Gasteiger partial charge is 0.631 e. The van der Waals surface area contributed by atoms with Gasteiger partial charge in [0.25, 0.3) is 0 Å². The Morgan fingerprint density at radius 1 is 0.750 bits per heavy atom. The smallest absolute Gasteiger partial charge is 0.412 e. The van der Waals surface area contributed by atoms with Crippen molar-refractivity contribution in [2.75, 3.05) is 0 Å². The lowest BCUT2D eigenvalue weighted by Crippen LogP contribution is -2.07. The summed E-state index contributed by atoms with van der Waals surface area (Å²) in [6.45, 7) is 0. The van der Waals surface area contributed by atoms with Crippen molar-refractivity contribution in [3.63, 3.8) is 0 Å². The number of hydrogen-bond donors (Lipinski definition) is 6. The number of hydrogen-bond acceptors (Lipinski definition) is 6. The Kier molecular flexibility index (Phi) is 169. The van der Waals surface area contributed by atoms with E-state index in [0.29, 0.717) is 0 Å². The monoisotopic (exact) mass is 131 g/mol. The van der Waals surface area contributed by atoms with Crippen LogP contribution >= 0.6 is 0 Å². The molecule has 0 aromatic rings. The normalized spacial score (nSPS) is 3.38. The predicted octanol–water partition coefficient (Wildman–Crippen LogP) is -2.39. The molecule has 7 nitrogen and oxygen atoms in total. The minimum atomic E-state index is -2.17. The van der Waals surface area contributed by atoms with Crippen molar-refractivity contribution in [3.8, 4) is 0 Å². The Morgan fingerprint density at radius 3 is 0.750 bits per heavy atom. The Balaban J connectivity index is -0.00000000750. The van der Waals surface area contributed by atoms with Crippen LogP contribution in [0.5, 0.6) is 0 Å². The van der Waals surface area contributed by atoms with Crippen molar-refractivity contribution in [2.45, 2.75) is 0 Å². The highest BCUT2D eigenvalue weighted by Gasteiger charge is 1.92. The molecule has 0 rings (SSSR count). The zero-order valence-electron chi connectivity index (χ0n) is 4.54. The van der Waals surface area contributed by atoms with Gasteiger partial charge in [-0.25, -0.2) is 0 Å². The molecule has 0 aliphatic carbocycles. The van der Waals surface area contributed by atoms with Crippen molar-refractivity contribution < 1.29 is 20.5 Å². The van der Waals surface area contributed by atoms with Gasteiger partial charge < -0.3 is 39.0 Å². The summed E-state index contributed by atoms with van der Waals surface area (Å²) in [5.41, 5.74) is 0. The van der Waals surface area contributed by atoms with Gasteiger partial charge in [0.1, 0.15) is 0 Å². The van der Waals surface area contributed by atoms with E-state index in [9.17, 15) is 0 Å². The molecule has 0 aliphatic heterocycles. The number of rotatable bonds is 0. The first-order valence-corrected chi connectivity index (χ1v) is 0.775. The van der Waals surface area contributed by atoms with E-state index in [1.165, 1.54) is 0 Å². The van der Waals surface area contributed by atoms with Gasteiger partial charge in [-0.15, -0.1) is 0 Å². The highest BCUT2D eigenvalue weighted by molar-refractivity contribution is 6.30. The first-order valence-electron chi connectivity index (χ1n) is 0.775. The molecule has 0 atom stereocenters. The Morgan fingerprint density at radius 2 is 0.750 bits per heavy atom. The maximum atomic E-state index is 7.17. The maximum absolute atomic E-state index is 7.17. The SMILES string of the molecule is N.N.N.O.OB(O)O. The van der Waals surface area contributed by atoms with Crippen LogP contribution in [0.2, 0.25) is 0 Å². The van der Waals surface area contributed by atoms with Crippen LogP contribution in [0.1, 0.15) is 0 Å². The van der Waals surface area contributed by atoms with Crippen LogP contribution in [0.25, 0.3) is 0 Å². The second-order valence-corrected chi connectivity index (χ2v) is 0.346. The molecule has 0 saturated carbocycles. The third kappa shape index (κ3) is 2860. The molecule has 0 saturated heterocycles. The molecule has 8 heavy (non-hydrogen) atoms. The standard InChI is InChI=1S/BH3O3.3H3N.H2O/c2-1(3)4;;;;/h2-4H;3*1H3;1H2. The van der Waals surface area contributed by atoms with Gasteiger partial charge in [-0.05, 0) is 0 Å². The van der Waals surface area contributed by atoms with Gasteiger partial charge >= 0.3 is 7.32 Å². The first-order chi connectivity index (χ1) is 1.73. The highest BCUT2D eigenvalue weighted by atomic mass is 16.5. The Bertz CT molecular complexity index is 16.0. The minimum Gasteiger partial charge on any atom is -0.412 e. The molecule has 0 bridgehead atoms. The minimum absolute atomic E-state index is 0. The molecular weight excluding hydrogens is 117 g/mol. The lowest BCUT2D eigenvalue weighted by molar-refractivity contribution is 0.278. The van der Waals surface area contributed by atoms with Gasteiger partial charge in [-0.1, -0.05) is 0 Å². The molecule has 0 aromatic heterocycles. The van der Waals surface area contributed by atoms with E-state index in [1.807, 2.05) is 0 Å². The van der Waals surface area contributed by atoms with Crippen LogP contribution in [-0.2, 0) is 0 Å². The fraction of sp³-hybridized carbons (Fsp3) is 0. The summed E-state index contributed by atoms with van der Waals surface area (Å²) in [6.07, 6.45) is 0. The van der Waals surface area contributed by atoms with Crippen LogP contribution in [0.3, 0.4) is 0 Å². The maximum Gasteiger partial charge on any atom is 0.631 e. The van der Waals surface area contributed by atoms with E-state index >= 15 is 0 Å². The highest BCUT2D eigenvalue weighted by Crippen LogP contribution is 1.40. The third-order valence-corrected chi connectivity index (χ3v) is 0. The van der Waals surface area contributed by atoms with Crippen LogP contribution < -0.4 is 18.5 Å². The summed E-state index contributed by atoms with van der Waals surface area (Å²) >= 11 is 0. The van der Waals surface area contributed by atoms with Crippen LogP contribution in [0.15, 0.2) is 0 Å². The molecule has 0 amide bonds. The van der Waals surface area contributed by atoms with Crippen LogP contribution in [0, 0.1) is 0 Å². The summed E-state index contributed by atoms with van der Waals surface area (Å²) in [5.74, 6) is 0. The van der Waals surface area contributed by atoms with Crippen molar-refractivity contribution in [2.24, 2.45) is 0 Å². The molecular formula is H14BN3O4. The second-order valence-electron chi connectivity index (χ2n) is 0.346. The van der Waals surface area contributed by atoms with Crippen LogP contribution in [0.4, 0.5) is 0 Å². The zero-order valence-corrected chi connectivity index (χ0v) is 4.54. The van der Waals surface area contributed by atoms with Crippen LogP contribution in [-0.4, -0.2) is 27.9 Å². The van der Waals surface area contributed by atoms with E-state index < -0.39 is 7.32 Å². The molecule has 0 heterocycles. The molecule has 0 aliphatic rings. The first kappa shape index (κ1) is 46.2. The van der Waals surface area contributed by atoms with Crippen molar-refractivity contribution >= 4 is 7.32 Å². The van der Waals surface area contributed by atoms with Crippen molar-refractivity contribution in [1.29, 1.82) is 0 Å². The van der Waals surface area contributed by atoms with E-state index in [2.05, 4.69) is 0 Å². The summed E-state index contributed by atoms with van der Waals surface area (Å²) in [6, 6.07) is 0. The lowest BCUT2D eigenvalue weighted by atomic mass is 10.3.